The molecule has 1 heterocycles. The number of halogens is 1. The zero-order valence-corrected chi connectivity index (χ0v) is 13.3. The van der Waals surface area contributed by atoms with E-state index in [0.717, 1.165) is 32.6 Å². The second-order valence-electron chi connectivity index (χ2n) is 5.43. The van der Waals surface area contributed by atoms with Crippen LogP contribution in [0.2, 0.25) is 5.02 Å². The molecule has 0 saturated carbocycles. The summed E-state index contributed by atoms with van der Waals surface area (Å²) in [5, 5.41) is 4.73. The molecular weight excluding hydrogens is 310 g/mol. The summed E-state index contributed by atoms with van der Waals surface area (Å²) in [6.07, 6.45) is 0. The Morgan fingerprint density at radius 1 is 1.04 bits per heavy atom. The van der Waals surface area contributed by atoms with Crippen LogP contribution in [0.1, 0.15) is 17.3 Å². The van der Waals surface area contributed by atoms with E-state index in [9.17, 15) is 4.79 Å². The van der Waals surface area contributed by atoms with Gasteiger partial charge < -0.3 is 9.72 Å². The fraction of sp³-hybridized carbons (Fsp3) is 0.105. The lowest BCUT2D eigenvalue weighted by molar-refractivity contribution is 0.0529. The van der Waals surface area contributed by atoms with Crippen molar-refractivity contribution in [2.45, 2.75) is 6.92 Å². The van der Waals surface area contributed by atoms with E-state index >= 15 is 0 Å². The van der Waals surface area contributed by atoms with E-state index in [1.165, 1.54) is 0 Å². The molecule has 4 rings (SSSR count). The average molecular weight is 324 g/mol. The van der Waals surface area contributed by atoms with Gasteiger partial charge in [-0.05, 0) is 42.0 Å². The van der Waals surface area contributed by atoms with Crippen LogP contribution in [0.4, 0.5) is 0 Å². The van der Waals surface area contributed by atoms with E-state index < -0.39 is 0 Å². The fourth-order valence-corrected chi connectivity index (χ4v) is 3.29. The topological polar surface area (TPSA) is 42.1 Å². The van der Waals surface area contributed by atoms with E-state index in [2.05, 4.69) is 4.98 Å². The molecule has 0 fully saturated rings. The summed E-state index contributed by atoms with van der Waals surface area (Å²) < 4.78 is 5.20. The number of benzene rings is 3. The van der Waals surface area contributed by atoms with Crippen molar-refractivity contribution in [2.24, 2.45) is 0 Å². The molecule has 4 aromatic rings. The highest BCUT2D eigenvalue weighted by molar-refractivity contribution is 6.32. The Labute approximate surface area is 137 Å². The number of fused-ring (bicyclic) bond motifs is 5. The minimum absolute atomic E-state index is 0.303. The van der Waals surface area contributed by atoms with Gasteiger partial charge in [-0.15, -0.1) is 0 Å². The Kier molecular flexibility index (Phi) is 3.24. The predicted molar refractivity (Wildman–Crippen MR) is 94.3 cm³/mol. The largest absolute Gasteiger partial charge is 0.462 e. The lowest BCUT2D eigenvalue weighted by Gasteiger charge is -2.08. The summed E-state index contributed by atoms with van der Waals surface area (Å²) in [7, 11) is 0. The average Bonchev–Trinajstić information content (AvgIpc) is 2.92. The molecule has 0 unspecified atom stereocenters. The van der Waals surface area contributed by atoms with E-state index in [4.69, 9.17) is 16.3 Å². The molecule has 23 heavy (non-hydrogen) atoms. The summed E-state index contributed by atoms with van der Waals surface area (Å²) >= 11 is 6.16. The molecule has 0 atom stereocenters. The van der Waals surface area contributed by atoms with Gasteiger partial charge in [-0.2, -0.15) is 0 Å². The van der Waals surface area contributed by atoms with Crippen molar-refractivity contribution in [3.05, 3.63) is 59.1 Å². The monoisotopic (exact) mass is 323 g/mol. The standard InChI is InChI=1S/C19H14ClNO2/c1-2-23-19(22)14-10-17-18(13-6-4-3-5-12(13)14)15-9-11(20)7-8-16(15)21-17/h3-10,21H,2H2,1H3. The number of esters is 1. The van der Waals surface area contributed by atoms with E-state index in [1.807, 2.05) is 55.5 Å². The van der Waals surface area contributed by atoms with Gasteiger partial charge in [0.2, 0.25) is 0 Å². The maximum Gasteiger partial charge on any atom is 0.338 e. The number of ether oxygens (including phenoxy) is 1. The van der Waals surface area contributed by atoms with Crippen molar-refractivity contribution >= 4 is 50.1 Å². The van der Waals surface area contributed by atoms with Gasteiger partial charge in [0.05, 0.1) is 12.2 Å². The van der Waals surface area contributed by atoms with Crippen molar-refractivity contribution in [1.29, 1.82) is 0 Å². The van der Waals surface area contributed by atoms with Crippen LogP contribution in [0.15, 0.2) is 48.5 Å². The molecule has 3 aromatic carbocycles. The van der Waals surface area contributed by atoms with Crippen molar-refractivity contribution in [3.8, 4) is 0 Å². The maximum absolute atomic E-state index is 12.3. The second kappa shape index (κ2) is 5.28. The first-order valence-corrected chi connectivity index (χ1v) is 7.86. The Morgan fingerprint density at radius 3 is 2.61 bits per heavy atom. The SMILES string of the molecule is CCOC(=O)c1cc2[nH]c3ccc(Cl)cc3c2c2ccccc12. The van der Waals surface area contributed by atoms with E-state index in [0.29, 0.717) is 17.2 Å². The van der Waals surface area contributed by atoms with Gasteiger partial charge in [-0.1, -0.05) is 35.9 Å². The molecule has 0 radical (unpaired) electrons. The highest BCUT2D eigenvalue weighted by atomic mass is 35.5. The fourth-order valence-electron chi connectivity index (χ4n) is 3.12. The third kappa shape index (κ3) is 2.16. The van der Waals surface area contributed by atoms with Crippen molar-refractivity contribution < 1.29 is 9.53 Å². The van der Waals surface area contributed by atoms with Crippen molar-refractivity contribution in [1.82, 2.24) is 4.98 Å². The molecule has 0 bridgehead atoms. The molecule has 0 saturated heterocycles. The van der Waals surface area contributed by atoms with Gasteiger partial charge in [0.1, 0.15) is 0 Å². The molecule has 4 heteroatoms. The first-order valence-electron chi connectivity index (χ1n) is 7.49. The second-order valence-corrected chi connectivity index (χ2v) is 5.86. The van der Waals surface area contributed by atoms with Crippen LogP contribution < -0.4 is 0 Å². The molecule has 114 valence electrons. The molecule has 3 nitrogen and oxygen atoms in total. The van der Waals surface area contributed by atoms with Gasteiger partial charge >= 0.3 is 5.97 Å². The van der Waals surface area contributed by atoms with Crippen LogP contribution in [-0.4, -0.2) is 17.6 Å². The lowest BCUT2D eigenvalue weighted by atomic mass is 9.99. The number of H-pyrrole nitrogens is 1. The highest BCUT2D eigenvalue weighted by Gasteiger charge is 2.16. The number of aromatic amines is 1. The number of nitrogens with one attached hydrogen (secondary N) is 1. The van der Waals surface area contributed by atoms with Crippen molar-refractivity contribution in [3.63, 3.8) is 0 Å². The van der Waals surface area contributed by atoms with Crippen LogP contribution in [0.5, 0.6) is 0 Å². The molecule has 1 N–H and O–H groups in total. The molecule has 0 aliphatic carbocycles. The molecule has 0 aliphatic heterocycles. The molecular formula is C19H14ClNO2. The number of carbonyl (C=O) groups excluding carboxylic acids is 1. The minimum Gasteiger partial charge on any atom is -0.462 e. The molecule has 0 aliphatic rings. The number of hydrogen-bond acceptors (Lipinski definition) is 2. The number of hydrogen-bond donors (Lipinski definition) is 1. The van der Waals surface area contributed by atoms with Crippen LogP contribution >= 0.6 is 11.6 Å². The van der Waals surface area contributed by atoms with E-state index in [1.54, 1.807) is 0 Å². The molecule has 0 amide bonds. The minimum atomic E-state index is -0.303. The smallest absolute Gasteiger partial charge is 0.338 e. The Hall–Kier alpha value is -2.52. The predicted octanol–water partition coefficient (Wildman–Crippen LogP) is 5.30. The third-order valence-electron chi connectivity index (χ3n) is 4.06. The van der Waals surface area contributed by atoms with Crippen LogP contribution in [0.3, 0.4) is 0 Å². The first kappa shape index (κ1) is 14.1. The Morgan fingerprint density at radius 2 is 1.83 bits per heavy atom. The summed E-state index contributed by atoms with van der Waals surface area (Å²) in [6.45, 7) is 2.16. The van der Waals surface area contributed by atoms with Gasteiger partial charge in [0.25, 0.3) is 0 Å². The summed E-state index contributed by atoms with van der Waals surface area (Å²) in [4.78, 5) is 15.7. The number of rotatable bonds is 2. The third-order valence-corrected chi connectivity index (χ3v) is 4.30. The first-order chi connectivity index (χ1) is 11.2. The van der Waals surface area contributed by atoms with Crippen LogP contribution in [-0.2, 0) is 4.74 Å². The molecule has 1 aromatic heterocycles. The molecule has 0 spiro atoms. The summed E-state index contributed by atoms with van der Waals surface area (Å²) in [6, 6.07) is 15.5. The van der Waals surface area contributed by atoms with Gasteiger partial charge in [-0.25, -0.2) is 4.79 Å². The highest BCUT2D eigenvalue weighted by Crippen LogP contribution is 2.35. The summed E-state index contributed by atoms with van der Waals surface area (Å²) in [5.41, 5.74) is 2.48. The van der Waals surface area contributed by atoms with E-state index in [-0.39, 0.29) is 5.97 Å². The number of aromatic nitrogens is 1. The normalized spacial score (nSPS) is 11.4. The van der Waals surface area contributed by atoms with Crippen LogP contribution in [0.25, 0.3) is 32.6 Å². The van der Waals surface area contributed by atoms with Gasteiger partial charge in [0, 0.05) is 26.8 Å². The van der Waals surface area contributed by atoms with Crippen LogP contribution in [0, 0.1) is 0 Å². The number of carbonyl (C=O) groups is 1. The van der Waals surface area contributed by atoms with Crippen molar-refractivity contribution in [2.75, 3.05) is 6.61 Å². The zero-order chi connectivity index (χ0) is 16.0. The quantitative estimate of drug-likeness (QED) is 0.508. The lowest BCUT2D eigenvalue weighted by Crippen LogP contribution is -2.05. The maximum atomic E-state index is 12.3. The Balaban J connectivity index is 2.17. The van der Waals surface area contributed by atoms with Gasteiger partial charge in [-0.3, -0.25) is 0 Å². The Bertz CT molecular complexity index is 1070. The zero-order valence-electron chi connectivity index (χ0n) is 12.5. The summed E-state index contributed by atoms with van der Waals surface area (Å²) in [5.74, 6) is -0.303. The van der Waals surface area contributed by atoms with Gasteiger partial charge in [0.15, 0.2) is 0 Å².